The molecule has 0 radical (unpaired) electrons. The summed E-state index contributed by atoms with van der Waals surface area (Å²) in [5.74, 6) is -1.46. The maximum Gasteiger partial charge on any atom is 0.335 e. The summed E-state index contributed by atoms with van der Waals surface area (Å²) in [6.45, 7) is 0. The number of benzene rings is 4. The lowest BCUT2D eigenvalue weighted by atomic mass is 10.1. The average molecular weight is 612 g/mol. The van der Waals surface area contributed by atoms with Gasteiger partial charge in [-0.15, -0.1) is 11.8 Å². The van der Waals surface area contributed by atoms with Crippen LogP contribution in [-0.4, -0.2) is 48.8 Å². The number of carbonyl (C=O) groups excluding carboxylic acids is 3. The van der Waals surface area contributed by atoms with Crippen molar-refractivity contribution in [2.75, 3.05) is 30.6 Å². The molecule has 11 heteroatoms. The third kappa shape index (κ3) is 8.49. The van der Waals surface area contributed by atoms with Crippen molar-refractivity contribution in [1.29, 1.82) is 0 Å². The zero-order valence-corrected chi connectivity index (χ0v) is 24.6. The lowest BCUT2D eigenvalue weighted by molar-refractivity contribution is -0.114. The second kappa shape index (κ2) is 15.1. The van der Waals surface area contributed by atoms with E-state index in [2.05, 4.69) is 16.0 Å². The number of ether oxygens (including phenoxy) is 2. The molecule has 0 spiro atoms. The van der Waals surface area contributed by atoms with Gasteiger partial charge in [0.15, 0.2) is 11.5 Å². The highest BCUT2D eigenvalue weighted by Crippen LogP contribution is 2.32. The number of anilines is 2. The molecule has 4 N–H and O–H groups in total. The molecule has 0 aliphatic carbocycles. The number of aromatic carboxylic acids is 1. The molecule has 0 fully saturated rings. The van der Waals surface area contributed by atoms with E-state index in [1.807, 2.05) is 0 Å². The molecule has 0 saturated carbocycles. The summed E-state index contributed by atoms with van der Waals surface area (Å²) < 4.78 is 10.9. The van der Waals surface area contributed by atoms with Gasteiger partial charge in [-0.1, -0.05) is 36.4 Å². The Morgan fingerprint density at radius 1 is 0.773 bits per heavy atom. The van der Waals surface area contributed by atoms with Crippen LogP contribution in [0.1, 0.15) is 26.3 Å². The maximum absolute atomic E-state index is 13.5. The normalized spacial score (nSPS) is 10.8. The van der Waals surface area contributed by atoms with Crippen LogP contribution >= 0.6 is 11.8 Å². The lowest BCUT2D eigenvalue weighted by Gasteiger charge is -2.14. The number of rotatable bonds is 12. The number of methoxy groups -OCH3 is 2. The Morgan fingerprint density at radius 2 is 1.50 bits per heavy atom. The molecule has 44 heavy (non-hydrogen) atoms. The van der Waals surface area contributed by atoms with Crippen molar-refractivity contribution in [3.63, 3.8) is 0 Å². The number of hydrogen-bond acceptors (Lipinski definition) is 7. The third-order valence-corrected chi connectivity index (χ3v) is 7.13. The van der Waals surface area contributed by atoms with Crippen LogP contribution in [0.2, 0.25) is 0 Å². The van der Waals surface area contributed by atoms with Crippen molar-refractivity contribution in [2.24, 2.45) is 0 Å². The van der Waals surface area contributed by atoms with Gasteiger partial charge in [-0.2, -0.15) is 0 Å². The fourth-order valence-electron chi connectivity index (χ4n) is 4.03. The first-order chi connectivity index (χ1) is 21.3. The van der Waals surface area contributed by atoms with Gasteiger partial charge in [-0.3, -0.25) is 14.4 Å². The van der Waals surface area contributed by atoms with Crippen molar-refractivity contribution in [3.05, 3.63) is 119 Å². The van der Waals surface area contributed by atoms with E-state index in [0.717, 1.165) is 0 Å². The molecule has 0 atom stereocenters. The molecule has 4 rings (SSSR count). The van der Waals surface area contributed by atoms with E-state index in [0.29, 0.717) is 38.9 Å². The van der Waals surface area contributed by atoms with Gasteiger partial charge in [0.05, 0.1) is 25.5 Å². The maximum atomic E-state index is 13.5. The topological polar surface area (TPSA) is 143 Å². The third-order valence-electron chi connectivity index (χ3n) is 6.14. The number of carboxylic acid groups (broad SMARTS) is 1. The van der Waals surface area contributed by atoms with Crippen LogP contribution in [-0.2, 0) is 9.59 Å². The molecule has 0 unspecified atom stereocenters. The van der Waals surface area contributed by atoms with Crippen molar-refractivity contribution in [1.82, 2.24) is 5.32 Å². The summed E-state index contributed by atoms with van der Waals surface area (Å²) in [5.41, 5.74) is 1.90. The highest BCUT2D eigenvalue weighted by molar-refractivity contribution is 8.00. The summed E-state index contributed by atoms with van der Waals surface area (Å²) in [5, 5.41) is 17.3. The molecule has 10 nitrogen and oxygen atoms in total. The summed E-state index contributed by atoms with van der Waals surface area (Å²) in [4.78, 5) is 50.7. The molecule has 0 aliphatic heterocycles. The Labute approximate surface area is 258 Å². The van der Waals surface area contributed by atoms with E-state index in [1.165, 1.54) is 56.3 Å². The summed E-state index contributed by atoms with van der Waals surface area (Å²) in [7, 11) is 2.99. The van der Waals surface area contributed by atoms with Crippen molar-refractivity contribution in [3.8, 4) is 11.5 Å². The van der Waals surface area contributed by atoms with Gasteiger partial charge in [0.25, 0.3) is 11.8 Å². The first-order valence-electron chi connectivity index (χ1n) is 13.2. The highest BCUT2D eigenvalue weighted by atomic mass is 32.2. The second-order valence-electron chi connectivity index (χ2n) is 9.16. The predicted molar refractivity (Wildman–Crippen MR) is 169 cm³/mol. The average Bonchev–Trinajstić information content (AvgIpc) is 3.04. The molecule has 4 aromatic rings. The zero-order chi connectivity index (χ0) is 31.5. The summed E-state index contributed by atoms with van der Waals surface area (Å²) >= 11 is 1.25. The SMILES string of the molecule is COc1cccc(/C=C(/NC(=O)c2ccccc2)C(=O)Nc2cccc(SCC(=O)Nc3ccc(C(=O)O)cc3)c2)c1OC. The van der Waals surface area contributed by atoms with Crippen molar-refractivity contribution < 1.29 is 33.8 Å². The first kappa shape index (κ1) is 31.4. The standard InChI is InChI=1S/C33H29N3O7S/c1-42-28-13-6-10-23(30(28)43-2)18-27(36-31(38)21-8-4-3-5-9-21)32(39)35-25-11-7-12-26(19-25)44-20-29(37)34-24-16-14-22(15-17-24)33(40)41/h3-19H,20H2,1-2H3,(H,34,37)(H,35,39)(H,36,38)(H,40,41)/b27-18+. The molecule has 0 aromatic heterocycles. The number of carbonyl (C=O) groups is 4. The van der Waals surface area contributed by atoms with E-state index in [-0.39, 0.29) is 22.9 Å². The van der Waals surface area contributed by atoms with Crippen LogP contribution in [0.4, 0.5) is 11.4 Å². The van der Waals surface area contributed by atoms with E-state index < -0.39 is 17.8 Å². The Balaban J connectivity index is 1.49. The zero-order valence-electron chi connectivity index (χ0n) is 23.8. The minimum Gasteiger partial charge on any atom is -0.493 e. The predicted octanol–water partition coefficient (Wildman–Crippen LogP) is 5.54. The minimum atomic E-state index is -1.05. The molecule has 0 bridgehead atoms. The Kier molecular flexibility index (Phi) is 10.8. The molecule has 224 valence electrons. The van der Waals surface area contributed by atoms with E-state index in [9.17, 15) is 19.2 Å². The number of amides is 3. The molecule has 4 aromatic carbocycles. The monoisotopic (exact) mass is 611 g/mol. The number of nitrogens with one attached hydrogen (secondary N) is 3. The van der Waals surface area contributed by atoms with Crippen LogP contribution in [0.25, 0.3) is 6.08 Å². The fraction of sp³-hybridized carbons (Fsp3) is 0.0909. The number of carboxylic acids is 1. The first-order valence-corrected chi connectivity index (χ1v) is 14.2. The number of hydrogen-bond donors (Lipinski definition) is 4. The van der Waals surface area contributed by atoms with Crippen LogP contribution in [0.15, 0.2) is 108 Å². The molecular weight excluding hydrogens is 582 g/mol. The summed E-state index contributed by atoms with van der Waals surface area (Å²) in [6, 6.07) is 26.5. The van der Waals surface area contributed by atoms with Crippen LogP contribution in [0.5, 0.6) is 11.5 Å². The van der Waals surface area contributed by atoms with E-state index >= 15 is 0 Å². The summed E-state index contributed by atoms with van der Waals surface area (Å²) in [6.07, 6.45) is 1.50. The van der Waals surface area contributed by atoms with Gasteiger partial charge in [0.2, 0.25) is 5.91 Å². The van der Waals surface area contributed by atoms with Crippen molar-refractivity contribution in [2.45, 2.75) is 4.90 Å². The molecular formula is C33H29N3O7S. The lowest BCUT2D eigenvalue weighted by Crippen LogP contribution is -2.30. The largest absolute Gasteiger partial charge is 0.493 e. The van der Waals surface area contributed by atoms with Gasteiger partial charge in [-0.25, -0.2) is 4.79 Å². The van der Waals surface area contributed by atoms with Gasteiger partial charge in [0, 0.05) is 27.4 Å². The van der Waals surface area contributed by atoms with Gasteiger partial charge in [0.1, 0.15) is 5.70 Å². The van der Waals surface area contributed by atoms with Gasteiger partial charge >= 0.3 is 5.97 Å². The van der Waals surface area contributed by atoms with E-state index in [4.69, 9.17) is 14.6 Å². The number of para-hydroxylation sites is 1. The quantitative estimate of drug-likeness (QED) is 0.121. The Bertz CT molecular complexity index is 1690. The second-order valence-corrected chi connectivity index (χ2v) is 10.2. The number of thioether (sulfide) groups is 1. The smallest absolute Gasteiger partial charge is 0.335 e. The molecule has 3 amide bonds. The van der Waals surface area contributed by atoms with Gasteiger partial charge < -0.3 is 30.5 Å². The van der Waals surface area contributed by atoms with Crippen molar-refractivity contribution >= 4 is 52.9 Å². The van der Waals surface area contributed by atoms with Crippen LogP contribution < -0.4 is 25.4 Å². The fourth-order valence-corrected chi connectivity index (χ4v) is 4.78. The Morgan fingerprint density at radius 3 is 2.18 bits per heavy atom. The Hall–Kier alpha value is -5.55. The minimum absolute atomic E-state index is 0.0308. The molecule has 0 aliphatic rings. The van der Waals surface area contributed by atoms with E-state index in [1.54, 1.807) is 72.8 Å². The highest BCUT2D eigenvalue weighted by Gasteiger charge is 2.18. The molecule has 0 heterocycles. The van der Waals surface area contributed by atoms with Crippen LogP contribution in [0, 0.1) is 0 Å². The van der Waals surface area contributed by atoms with Gasteiger partial charge in [-0.05, 0) is 66.7 Å². The molecule has 0 saturated heterocycles. The van der Waals surface area contributed by atoms with Crippen LogP contribution in [0.3, 0.4) is 0 Å².